The van der Waals surface area contributed by atoms with Crippen LogP contribution in [0.1, 0.15) is 0 Å². The lowest BCUT2D eigenvalue weighted by molar-refractivity contribution is 0.630. The lowest BCUT2D eigenvalue weighted by Crippen LogP contribution is -2.03. The number of anilines is 1. The minimum atomic E-state index is -0.626. The third-order valence-electron chi connectivity index (χ3n) is 1.84. The third kappa shape index (κ3) is 3.07. The first kappa shape index (κ1) is 14.2. The van der Waals surface area contributed by atoms with E-state index >= 15 is 0 Å². The van der Waals surface area contributed by atoms with Gasteiger partial charge in [0.15, 0.2) is 5.57 Å². The maximum Gasteiger partial charge on any atom is 0.163 e. The lowest BCUT2D eigenvalue weighted by atomic mass is 10.2. The quantitative estimate of drug-likeness (QED) is 0.807. The number of nitriles is 3. The molecule has 88 valence electrons. The second-order valence-electron chi connectivity index (χ2n) is 2.95. The van der Waals surface area contributed by atoms with Crippen molar-refractivity contribution in [3.8, 4) is 18.2 Å². The first-order chi connectivity index (χ1) is 8.53. The highest BCUT2D eigenvalue weighted by Gasteiger charge is 2.13. The molecule has 0 aliphatic carbocycles. The number of nitrogens with one attached hydrogen (secondary N) is 1. The van der Waals surface area contributed by atoms with Crippen molar-refractivity contribution in [1.29, 1.82) is 15.8 Å². The lowest BCUT2D eigenvalue weighted by Gasteiger charge is -2.08. The van der Waals surface area contributed by atoms with Gasteiger partial charge < -0.3 is 5.32 Å². The first-order valence-electron chi connectivity index (χ1n) is 4.39. The van der Waals surface area contributed by atoms with Crippen LogP contribution >= 0.6 is 31.9 Å². The zero-order valence-corrected chi connectivity index (χ0v) is 11.8. The summed E-state index contributed by atoms with van der Waals surface area (Å²) in [7, 11) is 0. The van der Waals surface area contributed by atoms with Crippen LogP contribution in [0.3, 0.4) is 0 Å². The van der Waals surface area contributed by atoms with E-state index in [1.165, 1.54) is 6.07 Å². The molecule has 0 amide bonds. The Kier molecular flexibility index (Phi) is 4.85. The van der Waals surface area contributed by atoms with Gasteiger partial charge in [-0.2, -0.15) is 15.8 Å². The van der Waals surface area contributed by atoms with Crippen molar-refractivity contribution < 1.29 is 4.39 Å². The predicted octanol–water partition coefficient (Wildman–Crippen LogP) is 3.59. The van der Waals surface area contributed by atoms with E-state index in [0.29, 0.717) is 8.95 Å². The predicted molar refractivity (Wildman–Crippen MR) is 69.3 cm³/mol. The second-order valence-corrected chi connectivity index (χ2v) is 4.72. The summed E-state index contributed by atoms with van der Waals surface area (Å²) in [4.78, 5) is 0. The molecular formula is C11H3Br2FN4. The first-order valence-corrected chi connectivity index (χ1v) is 5.98. The molecule has 0 unspecified atom stereocenters. The smallest absolute Gasteiger partial charge is 0.163 e. The van der Waals surface area contributed by atoms with Crippen LogP contribution in [0.25, 0.3) is 0 Å². The van der Waals surface area contributed by atoms with Crippen molar-refractivity contribution in [2.24, 2.45) is 0 Å². The minimum absolute atomic E-state index is 0.0160. The van der Waals surface area contributed by atoms with E-state index < -0.39 is 11.4 Å². The molecule has 0 aliphatic heterocycles. The summed E-state index contributed by atoms with van der Waals surface area (Å²) in [5, 5.41) is 28.6. The summed E-state index contributed by atoms with van der Waals surface area (Å²) in [5.41, 5.74) is -0.730. The fourth-order valence-electron chi connectivity index (χ4n) is 1.07. The average Bonchev–Trinajstić information content (AvgIpc) is 2.32. The Labute approximate surface area is 119 Å². The molecule has 0 aliphatic rings. The summed E-state index contributed by atoms with van der Waals surface area (Å²) in [6.07, 6.45) is 0. The maximum atomic E-state index is 13.7. The fraction of sp³-hybridized carbons (Fsp3) is 0. The van der Waals surface area contributed by atoms with Crippen LogP contribution in [0.4, 0.5) is 10.1 Å². The van der Waals surface area contributed by atoms with Crippen LogP contribution in [-0.2, 0) is 0 Å². The van der Waals surface area contributed by atoms with Crippen LogP contribution < -0.4 is 5.32 Å². The highest BCUT2D eigenvalue weighted by atomic mass is 79.9. The Morgan fingerprint density at radius 2 is 1.72 bits per heavy atom. The van der Waals surface area contributed by atoms with Gasteiger partial charge in [-0.3, -0.25) is 0 Å². The fourth-order valence-corrected chi connectivity index (χ4v) is 2.34. The van der Waals surface area contributed by atoms with Gasteiger partial charge in [-0.25, -0.2) is 4.39 Å². The van der Waals surface area contributed by atoms with Crippen molar-refractivity contribution >= 4 is 37.5 Å². The zero-order valence-electron chi connectivity index (χ0n) is 8.63. The maximum absolute atomic E-state index is 13.7. The molecular weight excluding hydrogens is 367 g/mol. The Balaban J connectivity index is 3.30. The van der Waals surface area contributed by atoms with E-state index in [1.54, 1.807) is 24.3 Å². The van der Waals surface area contributed by atoms with E-state index in [1.807, 2.05) is 0 Å². The van der Waals surface area contributed by atoms with Crippen molar-refractivity contribution in [2.45, 2.75) is 0 Å². The molecule has 0 heterocycles. The topological polar surface area (TPSA) is 83.4 Å². The molecule has 0 radical (unpaired) electrons. The van der Waals surface area contributed by atoms with E-state index in [4.69, 9.17) is 15.8 Å². The van der Waals surface area contributed by atoms with E-state index in [0.717, 1.165) is 0 Å². The summed E-state index contributed by atoms with van der Waals surface area (Å²) >= 11 is 6.23. The van der Waals surface area contributed by atoms with Crippen molar-refractivity contribution in [3.05, 3.63) is 38.2 Å². The SMILES string of the molecule is N#CC(C#N)=C(C#N)Nc1c(F)cc(Br)cc1Br. The normalized spacial score (nSPS) is 8.67. The number of hydrogen-bond donors (Lipinski definition) is 1. The molecule has 7 heteroatoms. The molecule has 1 N–H and O–H groups in total. The number of allylic oxidation sites excluding steroid dienone is 2. The third-order valence-corrected chi connectivity index (χ3v) is 2.93. The van der Waals surface area contributed by atoms with Gasteiger partial charge in [0, 0.05) is 8.95 Å². The molecule has 0 saturated heterocycles. The van der Waals surface area contributed by atoms with Gasteiger partial charge in [-0.1, -0.05) is 15.9 Å². The molecule has 0 spiro atoms. The molecule has 0 fully saturated rings. The summed E-state index contributed by atoms with van der Waals surface area (Å²) in [6, 6.07) is 7.53. The Morgan fingerprint density at radius 3 is 2.17 bits per heavy atom. The summed E-state index contributed by atoms with van der Waals surface area (Å²) in [5.74, 6) is -0.626. The largest absolute Gasteiger partial charge is 0.342 e. The van der Waals surface area contributed by atoms with Crippen LogP contribution in [0.5, 0.6) is 0 Å². The molecule has 4 nitrogen and oxygen atoms in total. The number of hydrogen-bond acceptors (Lipinski definition) is 4. The van der Waals surface area contributed by atoms with Crippen molar-refractivity contribution in [3.63, 3.8) is 0 Å². The van der Waals surface area contributed by atoms with Crippen molar-refractivity contribution in [2.75, 3.05) is 5.32 Å². The number of rotatable bonds is 2. The molecule has 1 aromatic carbocycles. The summed E-state index contributed by atoms with van der Waals surface area (Å²) in [6.45, 7) is 0. The second kappa shape index (κ2) is 6.16. The van der Waals surface area contributed by atoms with E-state index in [2.05, 4.69) is 37.2 Å². The van der Waals surface area contributed by atoms with Gasteiger partial charge in [-0.15, -0.1) is 0 Å². The highest BCUT2D eigenvalue weighted by molar-refractivity contribution is 9.11. The van der Waals surface area contributed by atoms with Gasteiger partial charge in [-0.05, 0) is 28.1 Å². The van der Waals surface area contributed by atoms with Gasteiger partial charge in [0.1, 0.15) is 29.7 Å². The number of halogens is 3. The Bertz CT molecular complexity index is 607. The minimum Gasteiger partial charge on any atom is -0.342 e. The molecule has 0 bridgehead atoms. The number of nitrogens with zero attached hydrogens (tertiary/aromatic N) is 3. The van der Waals surface area contributed by atoms with E-state index in [-0.39, 0.29) is 11.4 Å². The monoisotopic (exact) mass is 368 g/mol. The van der Waals surface area contributed by atoms with Crippen molar-refractivity contribution in [1.82, 2.24) is 0 Å². The molecule has 18 heavy (non-hydrogen) atoms. The van der Waals surface area contributed by atoms with Gasteiger partial charge in [0.2, 0.25) is 0 Å². The molecule has 0 aromatic heterocycles. The van der Waals surface area contributed by atoms with Crippen LogP contribution in [0.2, 0.25) is 0 Å². The van der Waals surface area contributed by atoms with Gasteiger partial charge in [0.25, 0.3) is 0 Å². The molecule has 1 aromatic rings. The van der Waals surface area contributed by atoms with Gasteiger partial charge >= 0.3 is 0 Å². The standard InChI is InChI=1S/C11H3Br2FN4/c12-7-1-8(13)11(9(14)2-7)18-10(5-17)6(3-15)4-16/h1-2,18H. The molecule has 0 atom stereocenters. The van der Waals surface area contributed by atoms with Crippen LogP contribution in [0.15, 0.2) is 32.3 Å². The Hall–Kier alpha value is -1.88. The number of benzene rings is 1. The molecule has 0 saturated carbocycles. The average molecular weight is 370 g/mol. The van der Waals surface area contributed by atoms with E-state index in [9.17, 15) is 4.39 Å². The van der Waals surface area contributed by atoms with Crippen LogP contribution in [-0.4, -0.2) is 0 Å². The zero-order chi connectivity index (χ0) is 13.7. The van der Waals surface area contributed by atoms with Crippen LogP contribution in [0, 0.1) is 39.8 Å². The highest BCUT2D eigenvalue weighted by Crippen LogP contribution is 2.30. The molecule has 1 rings (SSSR count). The van der Waals surface area contributed by atoms with Gasteiger partial charge in [0.05, 0.1) is 5.69 Å². The summed E-state index contributed by atoms with van der Waals surface area (Å²) < 4.78 is 14.5. The Morgan fingerprint density at radius 1 is 1.11 bits per heavy atom.